The highest BCUT2D eigenvalue weighted by molar-refractivity contribution is 7.84. The molecule has 216 valence electrons. The van der Waals surface area contributed by atoms with E-state index in [2.05, 4.69) is 28.7 Å². The van der Waals surface area contributed by atoms with Crippen LogP contribution in [0.4, 0.5) is 5.69 Å². The normalized spacial score (nSPS) is 31.7. The third-order valence-corrected chi connectivity index (χ3v) is 10.5. The van der Waals surface area contributed by atoms with Gasteiger partial charge in [-0.25, -0.2) is 4.21 Å². The monoisotopic (exact) mass is 584 g/mol. The second-order valence-corrected chi connectivity index (χ2v) is 13.9. The summed E-state index contributed by atoms with van der Waals surface area (Å²) < 4.78 is 22.0. The molecule has 0 radical (unpaired) electrons. The number of ether oxygens (including phenoxy) is 1. The van der Waals surface area contributed by atoms with E-state index in [1.807, 2.05) is 44.2 Å². The van der Waals surface area contributed by atoms with Gasteiger partial charge in [0.25, 0.3) is 5.91 Å². The summed E-state index contributed by atoms with van der Waals surface area (Å²) >= 11 is 6.38. The second kappa shape index (κ2) is 12.3. The number of carbonyl (C=O) groups excluding carboxylic acids is 1. The molecule has 2 bridgehead atoms. The zero-order valence-corrected chi connectivity index (χ0v) is 25.3. The molecule has 6 atom stereocenters. The van der Waals surface area contributed by atoms with Crippen molar-refractivity contribution in [2.75, 3.05) is 24.6 Å². The summed E-state index contributed by atoms with van der Waals surface area (Å²) in [5.74, 6) is 0.962. The minimum absolute atomic E-state index is 0.112. The van der Waals surface area contributed by atoms with Crippen LogP contribution in [0, 0.1) is 11.8 Å². The molecule has 1 aliphatic carbocycles. The highest BCUT2D eigenvalue weighted by Crippen LogP contribution is 2.45. The molecule has 8 heteroatoms. The van der Waals surface area contributed by atoms with Crippen molar-refractivity contribution in [3.63, 3.8) is 0 Å². The summed E-state index contributed by atoms with van der Waals surface area (Å²) in [5.41, 5.74) is 2.92. The molecule has 0 aromatic heterocycles. The second-order valence-electron chi connectivity index (χ2n) is 11.9. The SMILES string of the molecule is CCCc1cc(Cl)ccc1C1COc2ccc3cc2N(C1)CC1CCC1[C@@](C)(O)/C=C/CC[C@H](C)S(=O)NC3=O. The molecule has 3 aliphatic rings. The first-order chi connectivity index (χ1) is 19.2. The quantitative estimate of drug-likeness (QED) is 0.421. The Morgan fingerprint density at radius 1 is 1.18 bits per heavy atom. The molecule has 0 saturated heterocycles. The van der Waals surface area contributed by atoms with Crippen molar-refractivity contribution in [3.8, 4) is 5.75 Å². The van der Waals surface area contributed by atoms with Crippen molar-refractivity contribution >= 4 is 34.2 Å². The summed E-state index contributed by atoms with van der Waals surface area (Å²) in [6, 6.07) is 11.6. The molecule has 2 aromatic carbocycles. The third kappa shape index (κ3) is 6.27. The van der Waals surface area contributed by atoms with Crippen LogP contribution in [0.3, 0.4) is 0 Å². The number of nitrogens with one attached hydrogen (secondary N) is 1. The van der Waals surface area contributed by atoms with Crippen LogP contribution >= 0.6 is 11.6 Å². The Kier molecular flexibility index (Phi) is 8.93. The van der Waals surface area contributed by atoms with Crippen molar-refractivity contribution in [1.29, 1.82) is 0 Å². The average molecular weight is 585 g/mol. The van der Waals surface area contributed by atoms with E-state index in [0.717, 1.165) is 55.2 Å². The number of amides is 1. The molecule has 1 saturated carbocycles. The summed E-state index contributed by atoms with van der Waals surface area (Å²) in [4.78, 5) is 15.5. The van der Waals surface area contributed by atoms with Crippen LogP contribution in [0.2, 0.25) is 5.02 Å². The maximum absolute atomic E-state index is 13.2. The smallest absolute Gasteiger partial charge is 0.263 e. The number of nitrogens with zero attached hydrogens (tertiary/aromatic N) is 1. The maximum Gasteiger partial charge on any atom is 0.263 e. The fraction of sp³-hybridized carbons (Fsp3) is 0.531. The Hall–Kier alpha value is -2.35. The van der Waals surface area contributed by atoms with Gasteiger partial charge in [-0.2, -0.15) is 0 Å². The summed E-state index contributed by atoms with van der Waals surface area (Å²) in [6.07, 6.45) is 9.27. The number of fused-ring (bicyclic) bond motifs is 2. The van der Waals surface area contributed by atoms with Crippen LogP contribution in [0.1, 0.15) is 80.3 Å². The van der Waals surface area contributed by atoms with E-state index in [1.165, 1.54) is 11.1 Å². The van der Waals surface area contributed by atoms with E-state index >= 15 is 0 Å². The topological polar surface area (TPSA) is 78.9 Å². The standard InChI is InChI=1S/C32H41ClN2O4S/c1-4-7-22-16-26(33)11-12-27(22)25-19-35-18-24-9-13-28(24)32(3,37)15-6-5-8-21(2)40(38)34-31(36)23-10-14-30(39-20-25)29(35)17-23/h6,10-12,14-17,21,24-25,28,37H,4-5,7-9,13,18-20H2,1-3H3,(H,34,36)/b15-6+/t21-,24?,25?,28?,32-,40?/m0/s1. The van der Waals surface area contributed by atoms with Crippen molar-refractivity contribution in [2.45, 2.75) is 76.1 Å². The number of carbonyl (C=O) groups is 1. The van der Waals surface area contributed by atoms with Gasteiger partial charge in [0.1, 0.15) is 16.7 Å². The van der Waals surface area contributed by atoms with Crippen LogP contribution < -0.4 is 14.4 Å². The molecule has 2 aliphatic heterocycles. The van der Waals surface area contributed by atoms with Crippen LogP contribution in [0.5, 0.6) is 5.75 Å². The lowest BCUT2D eigenvalue weighted by Gasteiger charge is -2.47. The molecule has 2 heterocycles. The molecule has 2 N–H and O–H groups in total. The fourth-order valence-corrected chi connectivity index (χ4v) is 7.48. The van der Waals surface area contributed by atoms with Gasteiger partial charge < -0.3 is 14.7 Å². The largest absolute Gasteiger partial charge is 0.491 e. The number of allylic oxidation sites excluding steroid dienone is 1. The van der Waals surface area contributed by atoms with E-state index < -0.39 is 16.6 Å². The number of halogens is 1. The van der Waals surface area contributed by atoms with Crippen molar-refractivity contribution in [2.24, 2.45) is 11.8 Å². The van der Waals surface area contributed by atoms with Gasteiger partial charge in [0.15, 0.2) is 0 Å². The molecular weight excluding hydrogens is 544 g/mol. The number of rotatable bonds is 3. The van der Waals surface area contributed by atoms with Gasteiger partial charge in [-0.3, -0.25) is 9.52 Å². The van der Waals surface area contributed by atoms with Crippen LogP contribution in [-0.2, 0) is 17.4 Å². The molecule has 0 spiro atoms. The van der Waals surface area contributed by atoms with Gasteiger partial charge in [-0.05, 0) is 99.2 Å². The van der Waals surface area contributed by atoms with E-state index in [-0.39, 0.29) is 23.0 Å². The van der Waals surface area contributed by atoms with Gasteiger partial charge in [0.05, 0.1) is 23.1 Å². The Morgan fingerprint density at radius 2 is 2.00 bits per heavy atom. The fourth-order valence-electron chi connectivity index (χ4n) is 6.43. The molecule has 2 aromatic rings. The molecule has 40 heavy (non-hydrogen) atoms. The Balaban J connectivity index is 1.54. The Labute approximate surface area is 245 Å². The van der Waals surface area contributed by atoms with Gasteiger partial charge in [-0.1, -0.05) is 43.2 Å². The van der Waals surface area contributed by atoms with E-state index in [0.29, 0.717) is 30.9 Å². The van der Waals surface area contributed by atoms with Gasteiger partial charge in [-0.15, -0.1) is 0 Å². The average Bonchev–Trinajstić information content (AvgIpc) is 3.07. The first-order valence-electron chi connectivity index (χ1n) is 14.6. The van der Waals surface area contributed by atoms with E-state index in [1.54, 1.807) is 6.07 Å². The number of hydrogen-bond acceptors (Lipinski definition) is 5. The Bertz CT molecular complexity index is 1300. The van der Waals surface area contributed by atoms with E-state index in [4.69, 9.17) is 16.3 Å². The van der Waals surface area contributed by atoms with Gasteiger partial charge in [0.2, 0.25) is 0 Å². The predicted octanol–water partition coefficient (Wildman–Crippen LogP) is 6.18. The molecular formula is C32H41ClN2O4S. The molecule has 4 unspecified atom stereocenters. The van der Waals surface area contributed by atoms with Crippen LogP contribution in [0.25, 0.3) is 0 Å². The summed E-state index contributed by atoms with van der Waals surface area (Å²) in [6.45, 7) is 7.96. The highest BCUT2D eigenvalue weighted by atomic mass is 35.5. The summed E-state index contributed by atoms with van der Waals surface area (Å²) in [7, 11) is -1.51. The van der Waals surface area contributed by atoms with E-state index in [9.17, 15) is 14.1 Å². The van der Waals surface area contributed by atoms with Gasteiger partial charge in [0, 0.05) is 29.6 Å². The van der Waals surface area contributed by atoms with Crippen molar-refractivity contribution in [1.82, 2.24) is 4.72 Å². The third-order valence-electron chi connectivity index (χ3n) is 8.88. The summed E-state index contributed by atoms with van der Waals surface area (Å²) in [5, 5.41) is 12.0. The Morgan fingerprint density at radius 3 is 2.75 bits per heavy atom. The van der Waals surface area contributed by atoms with Crippen LogP contribution in [-0.4, -0.2) is 45.8 Å². The highest BCUT2D eigenvalue weighted by Gasteiger charge is 2.43. The first kappa shape index (κ1) is 29.2. The molecule has 1 amide bonds. The van der Waals surface area contributed by atoms with Crippen molar-refractivity contribution < 1.29 is 18.8 Å². The number of anilines is 1. The molecule has 6 nitrogen and oxygen atoms in total. The zero-order valence-electron chi connectivity index (χ0n) is 23.7. The number of benzene rings is 2. The molecule has 5 rings (SSSR count). The minimum atomic E-state index is -1.51. The first-order valence-corrected chi connectivity index (χ1v) is 16.2. The predicted molar refractivity (Wildman–Crippen MR) is 163 cm³/mol. The molecule has 1 fully saturated rings. The number of hydrogen-bond donors (Lipinski definition) is 2. The lowest BCUT2D eigenvalue weighted by atomic mass is 9.65. The number of aryl methyl sites for hydroxylation is 1. The lowest BCUT2D eigenvalue weighted by molar-refractivity contribution is -0.0312. The number of aliphatic hydroxyl groups is 1. The maximum atomic E-state index is 13.2. The minimum Gasteiger partial charge on any atom is -0.491 e. The van der Waals surface area contributed by atoms with Crippen molar-refractivity contribution in [3.05, 3.63) is 70.3 Å². The van der Waals surface area contributed by atoms with Gasteiger partial charge >= 0.3 is 0 Å². The lowest BCUT2D eigenvalue weighted by Crippen LogP contribution is -2.48. The van der Waals surface area contributed by atoms with Crippen LogP contribution in [0.15, 0.2) is 48.6 Å². The zero-order chi connectivity index (χ0) is 28.4.